The Labute approximate surface area is 127 Å². The molecule has 0 aliphatic heterocycles. The van der Waals surface area contributed by atoms with Gasteiger partial charge in [-0.3, -0.25) is 4.79 Å². The van der Waals surface area contributed by atoms with Gasteiger partial charge in [0.1, 0.15) is 17.5 Å². The number of sulfonamides is 1. The summed E-state index contributed by atoms with van der Waals surface area (Å²) in [5.74, 6) is -0.894. The molecule has 6 nitrogen and oxygen atoms in total. The molecule has 112 valence electrons. The second kappa shape index (κ2) is 6.28. The summed E-state index contributed by atoms with van der Waals surface area (Å²) in [6.07, 6.45) is 1.52. The van der Waals surface area contributed by atoms with Crippen LogP contribution in [0.5, 0.6) is 0 Å². The first-order valence-corrected chi connectivity index (χ1v) is 8.21. The van der Waals surface area contributed by atoms with Crippen molar-refractivity contribution < 1.29 is 17.7 Å². The van der Waals surface area contributed by atoms with E-state index in [-0.39, 0.29) is 17.0 Å². The van der Waals surface area contributed by atoms with Crippen LogP contribution in [0, 0.1) is 0 Å². The number of amides is 1. The summed E-state index contributed by atoms with van der Waals surface area (Å²) in [4.78, 5) is 12.0. The lowest BCUT2D eigenvalue weighted by atomic mass is 10.1. The molecule has 0 saturated carbocycles. The van der Waals surface area contributed by atoms with Crippen LogP contribution < -0.4 is 4.72 Å². The number of hydrogen-bond donors (Lipinski definition) is 1. The van der Waals surface area contributed by atoms with E-state index in [1.54, 1.807) is 31.2 Å². The van der Waals surface area contributed by atoms with Crippen LogP contribution in [0.4, 0.5) is 0 Å². The second-order valence-electron chi connectivity index (χ2n) is 4.33. The first kappa shape index (κ1) is 15.5. The minimum atomic E-state index is -3.65. The molecule has 0 aliphatic carbocycles. The van der Waals surface area contributed by atoms with Crippen LogP contribution in [0.3, 0.4) is 0 Å². The molecule has 2 aromatic rings. The van der Waals surface area contributed by atoms with Crippen LogP contribution >= 0.6 is 11.6 Å². The van der Waals surface area contributed by atoms with Gasteiger partial charge < -0.3 is 4.52 Å². The molecular weight excluding hydrogens is 316 g/mol. The van der Waals surface area contributed by atoms with Gasteiger partial charge in [-0.15, -0.1) is 0 Å². The number of rotatable bonds is 5. The van der Waals surface area contributed by atoms with Gasteiger partial charge in [0.15, 0.2) is 0 Å². The molecule has 0 aliphatic rings. The molecule has 0 fully saturated rings. The monoisotopic (exact) mass is 328 g/mol. The number of nitrogens with one attached hydrogen (secondary N) is 1. The normalized spacial score (nSPS) is 11.3. The third kappa shape index (κ3) is 3.83. The van der Waals surface area contributed by atoms with E-state index in [1.807, 2.05) is 4.72 Å². The summed E-state index contributed by atoms with van der Waals surface area (Å²) >= 11 is 5.79. The van der Waals surface area contributed by atoms with Gasteiger partial charge in [0.05, 0.1) is 5.75 Å². The van der Waals surface area contributed by atoms with Crippen LogP contribution in [-0.4, -0.2) is 25.2 Å². The van der Waals surface area contributed by atoms with Gasteiger partial charge in [0, 0.05) is 10.6 Å². The van der Waals surface area contributed by atoms with E-state index >= 15 is 0 Å². The number of carbonyl (C=O) groups is 1. The van der Waals surface area contributed by atoms with Crippen molar-refractivity contribution in [1.29, 1.82) is 0 Å². The summed E-state index contributed by atoms with van der Waals surface area (Å²) < 4.78 is 30.0. The predicted molar refractivity (Wildman–Crippen MR) is 78.5 cm³/mol. The van der Waals surface area contributed by atoms with Crippen molar-refractivity contribution in [3.63, 3.8) is 0 Å². The number of hydrogen-bond acceptors (Lipinski definition) is 5. The lowest BCUT2D eigenvalue weighted by molar-refractivity contribution is 0.0981. The molecule has 21 heavy (non-hydrogen) atoms. The highest BCUT2D eigenvalue weighted by molar-refractivity contribution is 7.90. The topological polar surface area (TPSA) is 89.3 Å². The van der Waals surface area contributed by atoms with Crippen LogP contribution in [0.25, 0.3) is 11.3 Å². The fourth-order valence-corrected chi connectivity index (χ4v) is 2.89. The molecule has 0 atom stereocenters. The highest BCUT2D eigenvalue weighted by atomic mass is 35.5. The average Bonchev–Trinajstić information content (AvgIpc) is 2.88. The molecular formula is C13H13ClN2O4S. The molecule has 0 spiro atoms. The third-order valence-corrected chi connectivity index (χ3v) is 4.35. The summed E-state index contributed by atoms with van der Waals surface area (Å²) in [5, 5.41) is 4.28. The Kier molecular flexibility index (Phi) is 4.64. The van der Waals surface area contributed by atoms with Crippen molar-refractivity contribution in [1.82, 2.24) is 9.88 Å². The molecule has 0 unspecified atom stereocenters. The van der Waals surface area contributed by atoms with E-state index in [0.717, 1.165) is 6.26 Å². The molecule has 0 bridgehead atoms. The number of halogens is 1. The number of benzene rings is 1. The zero-order valence-corrected chi connectivity index (χ0v) is 12.7. The van der Waals surface area contributed by atoms with Gasteiger partial charge >= 0.3 is 0 Å². The summed E-state index contributed by atoms with van der Waals surface area (Å²) in [6.45, 7) is 1.71. The Hall–Kier alpha value is -1.86. The zero-order chi connectivity index (χ0) is 15.5. The largest absolute Gasteiger partial charge is 0.363 e. The van der Waals surface area contributed by atoms with Crippen molar-refractivity contribution in [2.45, 2.75) is 13.3 Å². The predicted octanol–water partition coefficient (Wildman–Crippen LogP) is 2.46. The minimum Gasteiger partial charge on any atom is -0.363 e. The smallest absolute Gasteiger partial charge is 0.270 e. The molecule has 8 heteroatoms. The van der Waals surface area contributed by atoms with Crippen molar-refractivity contribution in [2.24, 2.45) is 0 Å². The van der Waals surface area contributed by atoms with Gasteiger partial charge in [-0.2, -0.15) is 0 Å². The maximum atomic E-state index is 12.0. The van der Waals surface area contributed by atoms with E-state index in [2.05, 4.69) is 5.16 Å². The van der Waals surface area contributed by atoms with Gasteiger partial charge in [0.2, 0.25) is 10.0 Å². The number of nitrogens with zero attached hydrogens (tertiary/aromatic N) is 1. The Bertz CT molecular complexity index is 738. The first-order chi connectivity index (χ1) is 9.93. The lowest BCUT2D eigenvalue weighted by Gasteiger charge is -2.05. The summed E-state index contributed by atoms with van der Waals surface area (Å²) in [7, 11) is -3.65. The van der Waals surface area contributed by atoms with E-state index in [4.69, 9.17) is 16.1 Å². The van der Waals surface area contributed by atoms with E-state index < -0.39 is 15.9 Å². The highest BCUT2D eigenvalue weighted by Crippen LogP contribution is 2.23. The van der Waals surface area contributed by atoms with Crippen molar-refractivity contribution in [3.8, 4) is 11.3 Å². The lowest BCUT2D eigenvalue weighted by Crippen LogP contribution is -2.32. The Morgan fingerprint density at radius 1 is 1.33 bits per heavy atom. The fraction of sp³-hybridized carbons (Fsp3) is 0.231. The number of aromatic nitrogens is 1. The quantitative estimate of drug-likeness (QED) is 0.910. The molecule has 0 radical (unpaired) electrons. The highest BCUT2D eigenvalue weighted by Gasteiger charge is 2.21. The van der Waals surface area contributed by atoms with Gasteiger partial charge in [0.25, 0.3) is 5.91 Å². The van der Waals surface area contributed by atoms with Crippen molar-refractivity contribution >= 4 is 27.5 Å². The molecule has 1 aromatic carbocycles. The molecule has 1 heterocycles. The van der Waals surface area contributed by atoms with Gasteiger partial charge in [-0.05, 0) is 18.6 Å². The van der Waals surface area contributed by atoms with Gasteiger partial charge in [-0.25, -0.2) is 13.1 Å². The summed E-state index contributed by atoms with van der Waals surface area (Å²) in [5.41, 5.74) is 0.916. The second-order valence-corrected chi connectivity index (χ2v) is 6.61. The molecule has 1 N–H and O–H groups in total. The van der Waals surface area contributed by atoms with Crippen molar-refractivity contribution in [3.05, 3.63) is 41.1 Å². The van der Waals surface area contributed by atoms with E-state index in [1.165, 1.54) is 0 Å². The Morgan fingerprint density at radius 2 is 2.00 bits per heavy atom. The third-order valence-electron chi connectivity index (χ3n) is 2.65. The maximum absolute atomic E-state index is 12.0. The van der Waals surface area contributed by atoms with E-state index in [0.29, 0.717) is 17.0 Å². The average molecular weight is 329 g/mol. The summed E-state index contributed by atoms with van der Waals surface area (Å²) in [6, 6.07) is 6.61. The molecule has 1 aromatic heterocycles. The SMILES string of the molecule is CCCS(=O)(=O)NC(=O)c1conc1-c1ccc(Cl)cc1. The maximum Gasteiger partial charge on any atom is 0.270 e. The Balaban J connectivity index is 2.28. The zero-order valence-electron chi connectivity index (χ0n) is 11.2. The van der Waals surface area contributed by atoms with Gasteiger partial charge in [-0.1, -0.05) is 35.8 Å². The molecule has 0 saturated heterocycles. The molecule has 2 rings (SSSR count). The minimum absolute atomic E-state index is 0.0528. The van der Waals surface area contributed by atoms with E-state index in [9.17, 15) is 13.2 Å². The van der Waals surface area contributed by atoms with Crippen LogP contribution in [-0.2, 0) is 10.0 Å². The fourth-order valence-electron chi connectivity index (χ4n) is 1.73. The standard InChI is InChI=1S/C13H13ClN2O4S/c1-2-7-21(18,19)16-13(17)11-8-20-15-12(11)9-3-5-10(14)6-4-9/h3-6,8H,2,7H2,1H3,(H,16,17). The molecule has 1 amide bonds. The first-order valence-electron chi connectivity index (χ1n) is 6.18. The van der Waals surface area contributed by atoms with Crippen molar-refractivity contribution in [2.75, 3.05) is 5.75 Å². The van der Waals surface area contributed by atoms with Crippen LogP contribution in [0.2, 0.25) is 5.02 Å². The Morgan fingerprint density at radius 3 is 2.62 bits per heavy atom. The number of carbonyl (C=O) groups excluding carboxylic acids is 1. The van der Waals surface area contributed by atoms with Crippen LogP contribution in [0.1, 0.15) is 23.7 Å². The van der Waals surface area contributed by atoms with Crippen LogP contribution in [0.15, 0.2) is 35.1 Å².